The van der Waals surface area contributed by atoms with Crippen molar-refractivity contribution >= 4 is 5.97 Å². The highest BCUT2D eigenvalue weighted by Gasteiger charge is 2.34. The van der Waals surface area contributed by atoms with Crippen molar-refractivity contribution in [2.24, 2.45) is 0 Å². The lowest BCUT2D eigenvalue weighted by Crippen LogP contribution is -2.49. The molecule has 1 aromatic rings. The summed E-state index contributed by atoms with van der Waals surface area (Å²) in [7, 11) is 0. The zero-order chi connectivity index (χ0) is 14.5. The number of rotatable bonds is 4. The molecule has 0 N–H and O–H groups in total. The Labute approximate surface area is 120 Å². The number of esters is 1. The summed E-state index contributed by atoms with van der Waals surface area (Å²) in [5.41, 5.74) is 0.979. The van der Waals surface area contributed by atoms with E-state index in [0.29, 0.717) is 6.61 Å². The summed E-state index contributed by atoms with van der Waals surface area (Å²) in [6.45, 7) is 7.79. The molecule has 0 saturated carbocycles. The molecule has 0 spiro atoms. The Hall–Kier alpha value is -1.39. The fraction of sp³-hybridized carbons (Fsp3) is 0.562. The molecule has 20 heavy (non-hydrogen) atoms. The number of nitrogens with zero attached hydrogens (tertiary/aromatic N) is 1. The SMILES string of the molecule is CCOC(=O)C(c1ccccc1)N1CC(C)OC(C)C1. The Bertz CT molecular complexity index is 425. The van der Waals surface area contributed by atoms with Crippen molar-refractivity contribution in [3.63, 3.8) is 0 Å². The van der Waals surface area contributed by atoms with Gasteiger partial charge in [-0.05, 0) is 26.3 Å². The summed E-state index contributed by atoms with van der Waals surface area (Å²) in [5.74, 6) is -0.181. The molecule has 0 aliphatic carbocycles. The van der Waals surface area contributed by atoms with Crippen molar-refractivity contribution in [3.05, 3.63) is 35.9 Å². The second-order valence-corrected chi connectivity index (χ2v) is 5.28. The molecule has 1 fully saturated rings. The van der Waals surface area contributed by atoms with Gasteiger partial charge in [0.25, 0.3) is 0 Å². The van der Waals surface area contributed by atoms with Gasteiger partial charge in [-0.1, -0.05) is 30.3 Å². The van der Waals surface area contributed by atoms with Crippen molar-refractivity contribution in [1.82, 2.24) is 4.90 Å². The van der Waals surface area contributed by atoms with Crippen LogP contribution in [0.15, 0.2) is 30.3 Å². The standard InChI is InChI=1S/C16H23NO3/c1-4-19-16(18)15(14-8-6-5-7-9-14)17-10-12(2)20-13(3)11-17/h5-9,12-13,15H,4,10-11H2,1-3H3. The minimum atomic E-state index is -0.343. The maximum absolute atomic E-state index is 12.4. The predicted octanol–water partition coefficient (Wildman–Crippen LogP) is 2.40. The van der Waals surface area contributed by atoms with Crippen LogP contribution in [0.1, 0.15) is 32.4 Å². The zero-order valence-electron chi connectivity index (χ0n) is 12.4. The maximum Gasteiger partial charge on any atom is 0.328 e. The first-order chi connectivity index (χ1) is 9.61. The molecule has 1 aromatic carbocycles. The van der Waals surface area contributed by atoms with Crippen LogP contribution in [0.4, 0.5) is 0 Å². The molecule has 1 saturated heterocycles. The number of carbonyl (C=O) groups excluding carboxylic acids is 1. The van der Waals surface area contributed by atoms with Crippen molar-refractivity contribution in [1.29, 1.82) is 0 Å². The Morgan fingerprint density at radius 1 is 1.30 bits per heavy atom. The number of hydrogen-bond donors (Lipinski definition) is 0. The van der Waals surface area contributed by atoms with Gasteiger partial charge in [0.2, 0.25) is 0 Å². The van der Waals surface area contributed by atoms with Crippen LogP contribution >= 0.6 is 0 Å². The fourth-order valence-corrected chi connectivity index (χ4v) is 2.78. The largest absolute Gasteiger partial charge is 0.465 e. The van der Waals surface area contributed by atoms with Crippen LogP contribution in [0.3, 0.4) is 0 Å². The van der Waals surface area contributed by atoms with E-state index >= 15 is 0 Å². The van der Waals surface area contributed by atoms with Crippen LogP contribution in [0.2, 0.25) is 0 Å². The molecular formula is C16H23NO3. The third-order valence-corrected chi connectivity index (χ3v) is 3.44. The maximum atomic E-state index is 12.4. The van der Waals surface area contributed by atoms with Crippen LogP contribution in [0.5, 0.6) is 0 Å². The van der Waals surface area contributed by atoms with E-state index in [-0.39, 0.29) is 24.2 Å². The van der Waals surface area contributed by atoms with E-state index in [0.717, 1.165) is 18.7 Å². The first-order valence-electron chi connectivity index (χ1n) is 7.23. The lowest BCUT2D eigenvalue weighted by atomic mass is 10.0. The molecule has 1 aliphatic heterocycles. The summed E-state index contributed by atoms with van der Waals surface area (Å²) in [4.78, 5) is 14.5. The van der Waals surface area contributed by atoms with Gasteiger partial charge in [0.05, 0.1) is 18.8 Å². The van der Waals surface area contributed by atoms with Gasteiger partial charge in [0.1, 0.15) is 6.04 Å². The fourth-order valence-electron chi connectivity index (χ4n) is 2.78. The predicted molar refractivity (Wildman–Crippen MR) is 77.4 cm³/mol. The minimum Gasteiger partial charge on any atom is -0.465 e. The van der Waals surface area contributed by atoms with E-state index in [9.17, 15) is 4.79 Å². The van der Waals surface area contributed by atoms with Crippen LogP contribution in [-0.2, 0) is 14.3 Å². The van der Waals surface area contributed by atoms with Gasteiger partial charge in [-0.15, -0.1) is 0 Å². The molecule has 4 nitrogen and oxygen atoms in total. The topological polar surface area (TPSA) is 38.8 Å². The molecule has 3 unspecified atom stereocenters. The van der Waals surface area contributed by atoms with Gasteiger partial charge < -0.3 is 9.47 Å². The number of ether oxygens (including phenoxy) is 2. The van der Waals surface area contributed by atoms with E-state index in [2.05, 4.69) is 4.90 Å². The molecule has 2 rings (SSSR count). The molecule has 110 valence electrons. The highest BCUT2D eigenvalue weighted by Crippen LogP contribution is 2.26. The highest BCUT2D eigenvalue weighted by atomic mass is 16.5. The van der Waals surface area contributed by atoms with Gasteiger partial charge >= 0.3 is 5.97 Å². The van der Waals surface area contributed by atoms with E-state index in [1.807, 2.05) is 51.1 Å². The van der Waals surface area contributed by atoms with Gasteiger partial charge in [-0.2, -0.15) is 0 Å². The summed E-state index contributed by atoms with van der Waals surface area (Å²) in [5, 5.41) is 0. The third kappa shape index (κ3) is 3.58. The summed E-state index contributed by atoms with van der Waals surface area (Å²) in [6, 6.07) is 9.48. The van der Waals surface area contributed by atoms with E-state index in [1.54, 1.807) is 0 Å². The Morgan fingerprint density at radius 2 is 1.90 bits per heavy atom. The summed E-state index contributed by atoms with van der Waals surface area (Å²) < 4.78 is 11.0. The van der Waals surface area contributed by atoms with Crippen molar-refractivity contribution < 1.29 is 14.3 Å². The Balaban J connectivity index is 2.24. The van der Waals surface area contributed by atoms with Gasteiger partial charge in [-0.25, -0.2) is 4.79 Å². The molecule has 0 aromatic heterocycles. The normalized spacial score (nSPS) is 25.1. The first kappa shape index (κ1) is 15.0. The molecule has 0 radical (unpaired) electrons. The lowest BCUT2D eigenvalue weighted by molar-refractivity contribution is -0.155. The van der Waals surface area contributed by atoms with E-state index in [4.69, 9.17) is 9.47 Å². The van der Waals surface area contributed by atoms with Crippen LogP contribution in [-0.4, -0.2) is 42.8 Å². The summed E-state index contributed by atoms with van der Waals surface area (Å²) in [6.07, 6.45) is 0.249. The van der Waals surface area contributed by atoms with Crippen LogP contribution in [0, 0.1) is 0 Å². The number of carbonyl (C=O) groups is 1. The number of morpholine rings is 1. The molecule has 4 heteroatoms. The third-order valence-electron chi connectivity index (χ3n) is 3.44. The zero-order valence-corrected chi connectivity index (χ0v) is 12.4. The first-order valence-corrected chi connectivity index (χ1v) is 7.23. The van der Waals surface area contributed by atoms with Crippen molar-refractivity contribution in [2.45, 2.75) is 39.0 Å². The Kier molecular flexibility index (Phi) is 5.15. The second kappa shape index (κ2) is 6.86. The minimum absolute atomic E-state index is 0.124. The molecular weight excluding hydrogens is 254 g/mol. The highest BCUT2D eigenvalue weighted by molar-refractivity contribution is 5.77. The monoisotopic (exact) mass is 277 g/mol. The lowest BCUT2D eigenvalue weighted by Gasteiger charge is -2.39. The molecule has 0 amide bonds. The molecule has 0 bridgehead atoms. The van der Waals surface area contributed by atoms with E-state index < -0.39 is 0 Å². The number of hydrogen-bond acceptors (Lipinski definition) is 4. The average Bonchev–Trinajstić information content (AvgIpc) is 2.39. The molecule has 1 heterocycles. The van der Waals surface area contributed by atoms with Crippen LogP contribution < -0.4 is 0 Å². The van der Waals surface area contributed by atoms with Gasteiger partial charge in [-0.3, -0.25) is 4.90 Å². The van der Waals surface area contributed by atoms with E-state index in [1.165, 1.54) is 0 Å². The summed E-state index contributed by atoms with van der Waals surface area (Å²) >= 11 is 0. The smallest absolute Gasteiger partial charge is 0.328 e. The van der Waals surface area contributed by atoms with Crippen molar-refractivity contribution in [2.75, 3.05) is 19.7 Å². The number of benzene rings is 1. The molecule has 1 aliphatic rings. The second-order valence-electron chi connectivity index (χ2n) is 5.28. The van der Waals surface area contributed by atoms with Gasteiger partial charge in [0, 0.05) is 13.1 Å². The molecule has 3 atom stereocenters. The average molecular weight is 277 g/mol. The van der Waals surface area contributed by atoms with Crippen molar-refractivity contribution in [3.8, 4) is 0 Å². The van der Waals surface area contributed by atoms with Crippen LogP contribution in [0.25, 0.3) is 0 Å². The Morgan fingerprint density at radius 3 is 2.45 bits per heavy atom. The van der Waals surface area contributed by atoms with Gasteiger partial charge in [0.15, 0.2) is 0 Å². The quantitative estimate of drug-likeness (QED) is 0.792.